The van der Waals surface area contributed by atoms with E-state index in [0.717, 1.165) is 5.56 Å². The lowest BCUT2D eigenvalue weighted by Crippen LogP contribution is -2.41. The van der Waals surface area contributed by atoms with Crippen LogP contribution in [-0.2, 0) is 14.6 Å². The van der Waals surface area contributed by atoms with Crippen LogP contribution in [0.1, 0.15) is 18.7 Å². The van der Waals surface area contributed by atoms with E-state index in [1.807, 2.05) is 24.3 Å². The highest BCUT2D eigenvalue weighted by molar-refractivity contribution is 7.90. The first-order chi connectivity index (χ1) is 9.83. The summed E-state index contributed by atoms with van der Waals surface area (Å²) in [6, 6.07) is 7.00. The SMILES string of the molecule is COc1ccccc1C1NCC(=O)N1C(C)CS(C)(=O)=O. The van der Waals surface area contributed by atoms with Crippen molar-refractivity contribution in [3.63, 3.8) is 0 Å². The summed E-state index contributed by atoms with van der Waals surface area (Å²) < 4.78 is 28.3. The number of carbonyl (C=O) groups excluding carboxylic acids is 1. The highest BCUT2D eigenvalue weighted by atomic mass is 32.2. The van der Waals surface area contributed by atoms with Gasteiger partial charge in [0.2, 0.25) is 5.91 Å². The van der Waals surface area contributed by atoms with Gasteiger partial charge >= 0.3 is 0 Å². The molecule has 1 aliphatic heterocycles. The number of carbonyl (C=O) groups is 1. The highest BCUT2D eigenvalue weighted by Crippen LogP contribution is 2.31. The Kier molecular flexibility index (Phi) is 4.53. The van der Waals surface area contributed by atoms with Gasteiger partial charge in [-0.25, -0.2) is 8.42 Å². The van der Waals surface area contributed by atoms with Crippen molar-refractivity contribution in [1.29, 1.82) is 0 Å². The molecule has 0 bridgehead atoms. The largest absolute Gasteiger partial charge is 0.496 e. The van der Waals surface area contributed by atoms with Crippen molar-refractivity contribution < 1.29 is 17.9 Å². The quantitative estimate of drug-likeness (QED) is 0.860. The second-order valence-corrected chi connectivity index (χ2v) is 7.45. The molecule has 0 spiro atoms. The zero-order valence-electron chi connectivity index (χ0n) is 12.4. The van der Waals surface area contributed by atoms with Crippen LogP contribution < -0.4 is 10.1 Å². The van der Waals surface area contributed by atoms with Gasteiger partial charge in [-0.15, -0.1) is 0 Å². The number of ether oxygens (including phenoxy) is 1. The molecule has 0 radical (unpaired) electrons. The summed E-state index contributed by atoms with van der Waals surface area (Å²) in [4.78, 5) is 13.7. The predicted octanol–water partition coefficient (Wildman–Crippen LogP) is 0.559. The normalized spacial score (nSPS) is 20.6. The Morgan fingerprint density at radius 1 is 1.43 bits per heavy atom. The Morgan fingerprint density at radius 3 is 2.71 bits per heavy atom. The van der Waals surface area contributed by atoms with Crippen molar-refractivity contribution in [2.45, 2.75) is 19.1 Å². The van der Waals surface area contributed by atoms with Gasteiger partial charge in [0.15, 0.2) is 0 Å². The van der Waals surface area contributed by atoms with E-state index >= 15 is 0 Å². The average molecular weight is 312 g/mol. The molecule has 2 rings (SSSR count). The van der Waals surface area contributed by atoms with Crippen LogP contribution in [0.4, 0.5) is 0 Å². The van der Waals surface area contributed by atoms with E-state index in [4.69, 9.17) is 4.74 Å². The van der Waals surface area contributed by atoms with Crippen molar-refractivity contribution in [2.75, 3.05) is 25.7 Å². The van der Waals surface area contributed by atoms with Crippen LogP contribution in [0.2, 0.25) is 0 Å². The van der Waals surface area contributed by atoms with Gasteiger partial charge in [-0.3, -0.25) is 10.1 Å². The predicted molar refractivity (Wildman–Crippen MR) is 79.8 cm³/mol. The summed E-state index contributed by atoms with van der Waals surface area (Å²) in [6.07, 6.45) is 0.806. The smallest absolute Gasteiger partial charge is 0.238 e. The van der Waals surface area contributed by atoms with Gasteiger partial charge in [0.25, 0.3) is 0 Å². The molecule has 1 N–H and O–H groups in total. The lowest BCUT2D eigenvalue weighted by atomic mass is 10.1. The number of para-hydroxylation sites is 1. The molecule has 1 heterocycles. The summed E-state index contributed by atoms with van der Waals surface area (Å²) in [5.41, 5.74) is 0.825. The Balaban J connectivity index is 2.32. The summed E-state index contributed by atoms with van der Waals surface area (Å²) in [5.74, 6) is 0.495. The van der Waals surface area contributed by atoms with Crippen molar-refractivity contribution in [2.24, 2.45) is 0 Å². The number of methoxy groups -OCH3 is 1. The van der Waals surface area contributed by atoms with Crippen LogP contribution in [0.5, 0.6) is 5.75 Å². The molecule has 1 fully saturated rings. The number of nitrogens with zero attached hydrogens (tertiary/aromatic N) is 1. The van der Waals surface area contributed by atoms with E-state index in [2.05, 4.69) is 5.32 Å². The fourth-order valence-electron chi connectivity index (χ4n) is 2.69. The Hall–Kier alpha value is -1.60. The second-order valence-electron chi connectivity index (χ2n) is 5.27. The number of benzene rings is 1. The van der Waals surface area contributed by atoms with E-state index in [-0.39, 0.29) is 24.4 Å². The van der Waals surface area contributed by atoms with Gasteiger partial charge in [-0.05, 0) is 13.0 Å². The van der Waals surface area contributed by atoms with Crippen LogP contribution in [-0.4, -0.2) is 50.9 Å². The van der Waals surface area contributed by atoms with Crippen molar-refractivity contribution in [1.82, 2.24) is 10.2 Å². The van der Waals surface area contributed by atoms with E-state index in [0.29, 0.717) is 5.75 Å². The molecule has 0 saturated carbocycles. The zero-order chi connectivity index (χ0) is 15.6. The molecule has 6 nitrogen and oxygen atoms in total. The van der Waals surface area contributed by atoms with Gasteiger partial charge in [-0.1, -0.05) is 18.2 Å². The first kappa shape index (κ1) is 15.8. The average Bonchev–Trinajstić information content (AvgIpc) is 2.78. The molecule has 1 amide bonds. The maximum Gasteiger partial charge on any atom is 0.238 e. The number of hydrogen-bond acceptors (Lipinski definition) is 5. The van der Waals surface area contributed by atoms with Gasteiger partial charge in [0.1, 0.15) is 21.8 Å². The van der Waals surface area contributed by atoms with Crippen LogP contribution in [0.15, 0.2) is 24.3 Å². The molecule has 1 aromatic rings. The topological polar surface area (TPSA) is 75.7 Å². The molecular formula is C14H20N2O4S. The molecule has 0 aromatic heterocycles. The first-order valence-corrected chi connectivity index (χ1v) is 8.74. The maximum atomic E-state index is 12.1. The van der Waals surface area contributed by atoms with E-state index in [1.165, 1.54) is 6.26 Å². The van der Waals surface area contributed by atoms with Crippen molar-refractivity contribution >= 4 is 15.7 Å². The van der Waals surface area contributed by atoms with Crippen molar-refractivity contribution in [3.8, 4) is 5.75 Å². The summed E-state index contributed by atoms with van der Waals surface area (Å²) in [5, 5.41) is 3.12. The number of sulfone groups is 1. The minimum absolute atomic E-state index is 0.0634. The minimum Gasteiger partial charge on any atom is -0.496 e. The van der Waals surface area contributed by atoms with Gasteiger partial charge in [-0.2, -0.15) is 0 Å². The van der Waals surface area contributed by atoms with Crippen LogP contribution >= 0.6 is 0 Å². The number of nitrogens with one attached hydrogen (secondary N) is 1. The summed E-state index contributed by atoms with van der Waals surface area (Å²) >= 11 is 0. The lowest BCUT2D eigenvalue weighted by molar-refractivity contribution is -0.129. The monoisotopic (exact) mass is 312 g/mol. The fraction of sp³-hybridized carbons (Fsp3) is 0.500. The fourth-order valence-corrected chi connectivity index (χ4v) is 3.73. The minimum atomic E-state index is -3.16. The Labute approximate surface area is 125 Å². The van der Waals surface area contributed by atoms with Gasteiger partial charge < -0.3 is 9.64 Å². The van der Waals surface area contributed by atoms with Crippen molar-refractivity contribution in [3.05, 3.63) is 29.8 Å². The molecule has 116 valence electrons. The van der Waals surface area contributed by atoms with E-state index in [1.54, 1.807) is 18.9 Å². The molecule has 1 aromatic carbocycles. The van der Waals surface area contributed by atoms with Gasteiger partial charge in [0, 0.05) is 17.9 Å². The lowest BCUT2D eigenvalue weighted by Gasteiger charge is -2.31. The molecule has 1 saturated heterocycles. The number of rotatable bonds is 5. The third kappa shape index (κ3) is 3.54. The third-order valence-corrected chi connectivity index (χ3v) is 4.55. The second kappa shape index (κ2) is 6.03. The first-order valence-electron chi connectivity index (χ1n) is 6.68. The van der Waals surface area contributed by atoms with E-state index in [9.17, 15) is 13.2 Å². The molecule has 1 aliphatic rings. The molecule has 2 unspecified atom stereocenters. The molecule has 0 aliphatic carbocycles. The van der Waals surface area contributed by atoms with Crippen LogP contribution in [0.25, 0.3) is 0 Å². The van der Waals surface area contributed by atoms with Gasteiger partial charge in [0.05, 0.1) is 19.4 Å². The standard InChI is InChI=1S/C14H20N2O4S/c1-10(9-21(3,18)19)16-13(17)8-15-14(16)11-6-4-5-7-12(11)20-2/h4-7,10,14-15H,8-9H2,1-3H3. The van der Waals surface area contributed by atoms with Crippen LogP contribution in [0, 0.1) is 0 Å². The summed E-state index contributed by atoms with van der Waals surface area (Å²) in [6.45, 7) is 1.94. The maximum absolute atomic E-state index is 12.1. The third-order valence-electron chi connectivity index (χ3n) is 3.47. The zero-order valence-corrected chi connectivity index (χ0v) is 13.2. The Morgan fingerprint density at radius 2 is 2.10 bits per heavy atom. The van der Waals surface area contributed by atoms with Crippen LogP contribution in [0.3, 0.4) is 0 Å². The number of hydrogen-bond donors (Lipinski definition) is 1. The summed E-state index contributed by atoms with van der Waals surface area (Å²) in [7, 11) is -1.59. The van der Waals surface area contributed by atoms with E-state index < -0.39 is 15.9 Å². The Bertz CT molecular complexity index is 630. The molecule has 2 atom stereocenters. The molecule has 21 heavy (non-hydrogen) atoms. The molecular weight excluding hydrogens is 292 g/mol. The molecule has 7 heteroatoms. The number of amides is 1. The highest BCUT2D eigenvalue weighted by Gasteiger charge is 2.37.